The van der Waals surface area contributed by atoms with Crippen LogP contribution in [0.2, 0.25) is 0 Å². The number of likely N-dealkylation sites (tertiary alicyclic amines) is 1. The lowest BCUT2D eigenvalue weighted by Gasteiger charge is -2.33. The number of rotatable bonds is 3. The van der Waals surface area contributed by atoms with E-state index in [1.165, 1.54) is 14.2 Å². The highest BCUT2D eigenvalue weighted by molar-refractivity contribution is 14.0. The van der Waals surface area contributed by atoms with Crippen molar-refractivity contribution < 1.29 is 27.1 Å². The summed E-state index contributed by atoms with van der Waals surface area (Å²) >= 11 is 0. The van der Waals surface area contributed by atoms with Crippen molar-refractivity contribution in [2.24, 2.45) is 10.9 Å². The summed E-state index contributed by atoms with van der Waals surface area (Å²) in [5.74, 6) is -0.932. The number of hydrogen-bond acceptors (Lipinski definition) is 3. The molecule has 0 saturated carbocycles. The molecule has 0 aliphatic carbocycles. The Morgan fingerprint density at radius 3 is 2.48 bits per heavy atom. The van der Waals surface area contributed by atoms with Crippen LogP contribution in [0.15, 0.2) is 23.2 Å². The van der Waals surface area contributed by atoms with E-state index in [4.69, 9.17) is 4.74 Å². The molecule has 152 valence electrons. The monoisotopic (exact) mass is 503 g/mol. The maximum Gasteiger partial charge on any atom is 0.416 e. The van der Waals surface area contributed by atoms with Crippen LogP contribution in [0.1, 0.15) is 24.0 Å². The van der Waals surface area contributed by atoms with Crippen molar-refractivity contribution in [1.29, 1.82) is 0 Å². The average molecular weight is 503 g/mol. The molecule has 0 amide bonds. The number of aliphatic imine (C=N–C) groups is 1. The second kappa shape index (κ2) is 10.1. The number of ether oxygens (including phenoxy) is 1. The van der Waals surface area contributed by atoms with Gasteiger partial charge in [-0.2, -0.15) is 13.2 Å². The SMILES string of the molecule is CN=C(NCc1ccc(F)cc1C(F)(F)F)N1CCC(C(=O)OC)CC1.I. The van der Waals surface area contributed by atoms with Crippen LogP contribution in [0.3, 0.4) is 0 Å². The van der Waals surface area contributed by atoms with Crippen LogP contribution < -0.4 is 5.32 Å². The Morgan fingerprint density at radius 2 is 1.96 bits per heavy atom. The molecule has 5 nitrogen and oxygen atoms in total. The van der Waals surface area contributed by atoms with Crippen LogP contribution in [-0.2, 0) is 22.3 Å². The zero-order valence-electron chi connectivity index (χ0n) is 15.0. The predicted octanol–water partition coefficient (Wildman–Crippen LogP) is 3.42. The molecule has 0 aromatic heterocycles. The summed E-state index contributed by atoms with van der Waals surface area (Å²) in [6, 6.07) is 2.60. The molecule has 1 N–H and O–H groups in total. The number of piperidine rings is 1. The van der Waals surface area contributed by atoms with Gasteiger partial charge in [-0.3, -0.25) is 9.79 Å². The molecule has 0 unspecified atom stereocenters. The van der Waals surface area contributed by atoms with Gasteiger partial charge in [-0.05, 0) is 30.5 Å². The lowest BCUT2D eigenvalue weighted by Crippen LogP contribution is -2.46. The van der Waals surface area contributed by atoms with Crippen molar-refractivity contribution in [3.8, 4) is 0 Å². The van der Waals surface area contributed by atoms with E-state index in [-0.39, 0.29) is 48.0 Å². The van der Waals surface area contributed by atoms with Crippen LogP contribution in [0.25, 0.3) is 0 Å². The quantitative estimate of drug-likeness (QED) is 0.226. The van der Waals surface area contributed by atoms with Crippen molar-refractivity contribution in [3.05, 3.63) is 35.1 Å². The first kappa shape index (κ1) is 23.4. The van der Waals surface area contributed by atoms with Gasteiger partial charge < -0.3 is 15.0 Å². The van der Waals surface area contributed by atoms with Crippen molar-refractivity contribution in [2.45, 2.75) is 25.6 Å². The lowest BCUT2D eigenvalue weighted by molar-refractivity contribution is -0.146. The van der Waals surface area contributed by atoms with Crippen LogP contribution in [0.5, 0.6) is 0 Å². The van der Waals surface area contributed by atoms with Gasteiger partial charge in [0.2, 0.25) is 0 Å². The number of methoxy groups -OCH3 is 1. The summed E-state index contributed by atoms with van der Waals surface area (Å²) in [4.78, 5) is 17.5. The van der Waals surface area contributed by atoms with Crippen molar-refractivity contribution in [3.63, 3.8) is 0 Å². The van der Waals surface area contributed by atoms with Gasteiger partial charge in [0, 0.05) is 26.7 Å². The van der Waals surface area contributed by atoms with Gasteiger partial charge in [-0.15, -0.1) is 24.0 Å². The molecular formula is C17H22F4IN3O2. The van der Waals surface area contributed by atoms with Crippen LogP contribution in [-0.4, -0.2) is 44.1 Å². The number of esters is 1. The first-order valence-corrected chi connectivity index (χ1v) is 8.15. The molecule has 0 spiro atoms. The minimum absolute atomic E-state index is 0. The van der Waals surface area contributed by atoms with Gasteiger partial charge in [0.05, 0.1) is 18.6 Å². The standard InChI is InChI=1S/C17H21F4N3O2.HI/c1-22-16(24-7-5-11(6-8-24)15(25)26-2)23-10-12-3-4-13(18)9-14(12)17(19,20)21;/h3-4,9,11H,5-8,10H2,1-2H3,(H,22,23);1H. The number of carbonyl (C=O) groups is 1. The molecule has 1 aromatic rings. The van der Waals surface area contributed by atoms with E-state index in [1.54, 1.807) is 0 Å². The fourth-order valence-corrected chi connectivity index (χ4v) is 2.97. The Bertz CT molecular complexity index is 675. The Balaban J connectivity index is 0.00000364. The Hall–Kier alpha value is -1.59. The molecule has 10 heteroatoms. The largest absolute Gasteiger partial charge is 0.469 e. The summed E-state index contributed by atoms with van der Waals surface area (Å²) < 4.78 is 57.1. The zero-order valence-corrected chi connectivity index (χ0v) is 17.3. The zero-order chi connectivity index (χ0) is 19.3. The lowest BCUT2D eigenvalue weighted by atomic mass is 9.97. The second-order valence-corrected chi connectivity index (χ2v) is 5.98. The molecule has 0 atom stereocenters. The Kier molecular flexibility index (Phi) is 8.76. The van der Waals surface area contributed by atoms with E-state index >= 15 is 0 Å². The molecule has 1 aromatic carbocycles. The third-order valence-corrected chi connectivity index (χ3v) is 4.36. The first-order chi connectivity index (χ1) is 12.3. The van der Waals surface area contributed by atoms with Gasteiger partial charge in [0.25, 0.3) is 0 Å². The Morgan fingerprint density at radius 1 is 1.33 bits per heavy atom. The number of nitrogens with one attached hydrogen (secondary N) is 1. The molecule has 1 aliphatic rings. The van der Waals surface area contributed by atoms with E-state index in [1.807, 2.05) is 4.90 Å². The van der Waals surface area contributed by atoms with E-state index in [0.29, 0.717) is 38.0 Å². The smallest absolute Gasteiger partial charge is 0.416 e. The van der Waals surface area contributed by atoms with Crippen LogP contribution in [0.4, 0.5) is 17.6 Å². The molecule has 0 bridgehead atoms. The number of carbonyl (C=O) groups excluding carboxylic acids is 1. The molecule has 1 saturated heterocycles. The fourth-order valence-electron chi connectivity index (χ4n) is 2.97. The summed E-state index contributed by atoms with van der Waals surface area (Å²) in [5, 5.41) is 2.88. The van der Waals surface area contributed by atoms with E-state index in [0.717, 1.165) is 12.1 Å². The molecule has 2 rings (SSSR count). The third-order valence-electron chi connectivity index (χ3n) is 4.36. The molecule has 1 aliphatic heterocycles. The first-order valence-electron chi connectivity index (χ1n) is 8.15. The molecule has 1 fully saturated rings. The van der Waals surface area contributed by atoms with E-state index in [2.05, 4.69) is 10.3 Å². The fraction of sp³-hybridized carbons (Fsp3) is 0.529. The highest BCUT2D eigenvalue weighted by Crippen LogP contribution is 2.32. The van der Waals surface area contributed by atoms with Crippen LogP contribution in [0, 0.1) is 11.7 Å². The molecular weight excluding hydrogens is 481 g/mol. The van der Waals surface area contributed by atoms with Crippen molar-refractivity contribution >= 4 is 35.9 Å². The highest BCUT2D eigenvalue weighted by atomic mass is 127. The summed E-state index contributed by atoms with van der Waals surface area (Å²) in [6.07, 6.45) is -3.48. The number of nitrogens with zero attached hydrogens (tertiary/aromatic N) is 2. The minimum atomic E-state index is -4.64. The van der Waals surface area contributed by atoms with Gasteiger partial charge >= 0.3 is 12.1 Å². The molecule has 1 heterocycles. The van der Waals surface area contributed by atoms with Gasteiger partial charge in [-0.25, -0.2) is 4.39 Å². The third kappa shape index (κ3) is 6.22. The number of benzene rings is 1. The van der Waals surface area contributed by atoms with Crippen LogP contribution >= 0.6 is 24.0 Å². The van der Waals surface area contributed by atoms with Crippen molar-refractivity contribution in [1.82, 2.24) is 10.2 Å². The number of halogens is 5. The maximum absolute atomic E-state index is 13.2. The van der Waals surface area contributed by atoms with E-state index < -0.39 is 17.6 Å². The minimum Gasteiger partial charge on any atom is -0.469 e. The summed E-state index contributed by atoms with van der Waals surface area (Å²) in [7, 11) is 2.88. The van der Waals surface area contributed by atoms with E-state index in [9.17, 15) is 22.4 Å². The average Bonchev–Trinajstić information content (AvgIpc) is 2.62. The van der Waals surface area contributed by atoms with Gasteiger partial charge in [0.1, 0.15) is 5.82 Å². The maximum atomic E-state index is 13.2. The number of hydrogen-bond donors (Lipinski definition) is 1. The Labute approximate surface area is 172 Å². The number of guanidine groups is 1. The topological polar surface area (TPSA) is 53.9 Å². The predicted molar refractivity (Wildman–Crippen MR) is 103 cm³/mol. The normalized spacial score (nSPS) is 15.9. The molecule has 27 heavy (non-hydrogen) atoms. The van der Waals surface area contributed by atoms with Crippen molar-refractivity contribution in [2.75, 3.05) is 27.2 Å². The number of alkyl halides is 3. The summed E-state index contributed by atoms with van der Waals surface area (Å²) in [5.41, 5.74) is -1.07. The molecule has 0 radical (unpaired) electrons. The summed E-state index contributed by atoms with van der Waals surface area (Å²) in [6.45, 7) is 0.933. The second-order valence-electron chi connectivity index (χ2n) is 5.98. The van der Waals surface area contributed by atoms with Gasteiger partial charge in [-0.1, -0.05) is 6.07 Å². The van der Waals surface area contributed by atoms with Gasteiger partial charge in [0.15, 0.2) is 5.96 Å². The highest BCUT2D eigenvalue weighted by Gasteiger charge is 2.34.